The van der Waals surface area contributed by atoms with Crippen LogP contribution < -0.4 is 5.32 Å². The molecule has 0 aliphatic rings. The van der Waals surface area contributed by atoms with Crippen LogP contribution in [0.25, 0.3) is 0 Å². The lowest BCUT2D eigenvalue weighted by Crippen LogP contribution is -2.25. The number of hydrogen-bond acceptors (Lipinski definition) is 2. The molecule has 0 aliphatic heterocycles. The number of carbonyl (C=O) groups excluding carboxylic acids is 1. The highest BCUT2D eigenvalue weighted by Crippen LogP contribution is 2.11. The number of nitrogens with one attached hydrogen (secondary N) is 1. The first-order valence-corrected chi connectivity index (χ1v) is 7.53. The zero-order valence-electron chi connectivity index (χ0n) is 10.6. The van der Waals surface area contributed by atoms with Gasteiger partial charge in [-0.25, -0.2) is 0 Å². The smallest absolute Gasteiger partial charge is 0.220 e. The van der Waals surface area contributed by atoms with Crippen LogP contribution in [-0.2, 0) is 17.6 Å². The zero-order valence-corrected chi connectivity index (χ0v) is 12.1. The van der Waals surface area contributed by atoms with Gasteiger partial charge in [0.25, 0.3) is 0 Å². The van der Waals surface area contributed by atoms with E-state index in [1.165, 1.54) is 4.88 Å². The molecule has 4 heteroatoms. The maximum atomic E-state index is 11.7. The van der Waals surface area contributed by atoms with Crippen LogP contribution in [0.2, 0.25) is 5.02 Å². The second-order valence-electron chi connectivity index (χ2n) is 4.31. The van der Waals surface area contributed by atoms with Crippen molar-refractivity contribution in [3.8, 4) is 0 Å². The maximum Gasteiger partial charge on any atom is 0.220 e. The van der Waals surface area contributed by atoms with E-state index >= 15 is 0 Å². The highest BCUT2D eigenvalue weighted by atomic mass is 35.5. The van der Waals surface area contributed by atoms with Crippen molar-refractivity contribution in [1.82, 2.24) is 5.32 Å². The van der Waals surface area contributed by atoms with Crippen molar-refractivity contribution in [2.75, 3.05) is 6.54 Å². The van der Waals surface area contributed by atoms with Crippen LogP contribution in [-0.4, -0.2) is 12.5 Å². The van der Waals surface area contributed by atoms with Gasteiger partial charge in [-0.3, -0.25) is 4.79 Å². The van der Waals surface area contributed by atoms with E-state index in [4.69, 9.17) is 11.6 Å². The van der Waals surface area contributed by atoms with Crippen molar-refractivity contribution < 1.29 is 4.79 Å². The molecule has 0 saturated carbocycles. The molecule has 0 fully saturated rings. The number of rotatable bonds is 6. The van der Waals surface area contributed by atoms with Gasteiger partial charge in [0, 0.05) is 22.9 Å². The molecule has 0 spiro atoms. The summed E-state index contributed by atoms with van der Waals surface area (Å²) in [7, 11) is 0. The fourth-order valence-corrected chi connectivity index (χ4v) is 2.61. The van der Waals surface area contributed by atoms with Gasteiger partial charge in [-0.1, -0.05) is 29.8 Å². The van der Waals surface area contributed by atoms with Crippen molar-refractivity contribution >= 4 is 28.8 Å². The summed E-state index contributed by atoms with van der Waals surface area (Å²) in [6, 6.07) is 11.7. The fourth-order valence-electron chi connectivity index (χ4n) is 1.78. The Kier molecular flexibility index (Phi) is 5.43. The van der Waals surface area contributed by atoms with Gasteiger partial charge >= 0.3 is 0 Å². The topological polar surface area (TPSA) is 29.1 Å². The lowest BCUT2D eigenvalue weighted by atomic mass is 10.1. The Balaban J connectivity index is 1.65. The monoisotopic (exact) mass is 293 g/mol. The molecule has 0 unspecified atom stereocenters. The number of thiophene rings is 1. The van der Waals surface area contributed by atoms with Gasteiger partial charge < -0.3 is 5.32 Å². The summed E-state index contributed by atoms with van der Waals surface area (Å²) >= 11 is 7.54. The molecule has 1 heterocycles. The van der Waals surface area contributed by atoms with Gasteiger partial charge in [-0.05, 0) is 42.0 Å². The van der Waals surface area contributed by atoms with E-state index in [9.17, 15) is 4.79 Å². The zero-order chi connectivity index (χ0) is 13.5. The summed E-state index contributed by atoms with van der Waals surface area (Å²) in [4.78, 5) is 13.0. The summed E-state index contributed by atoms with van der Waals surface area (Å²) < 4.78 is 0. The fraction of sp³-hybridized carbons (Fsp3) is 0.267. The number of aryl methyl sites for hydroxylation is 1. The summed E-state index contributed by atoms with van der Waals surface area (Å²) in [5.74, 6) is 0.103. The van der Waals surface area contributed by atoms with Crippen molar-refractivity contribution in [3.05, 3.63) is 57.2 Å². The van der Waals surface area contributed by atoms with Gasteiger partial charge in [0.15, 0.2) is 0 Å². The molecule has 0 saturated heterocycles. The number of carbonyl (C=O) groups is 1. The van der Waals surface area contributed by atoms with E-state index < -0.39 is 0 Å². The Morgan fingerprint density at radius 3 is 2.63 bits per heavy atom. The Bertz CT molecular complexity index is 507. The molecule has 2 rings (SSSR count). The van der Waals surface area contributed by atoms with Crippen LogP contribution in [0.15, 0.2) is 41.8 Å². The van der Waals surface area contributed by atoms with Crippen molar-refractivity contribution in [2.24, 2.45) is 0 Å². The second kappa shape index (κ2) is 7.31. The minimum absolute atomic E-state index is 0.103. The van der Waals surface area contributed by atoms with Crippen LogP contribution in [0, 0.1) is 0 Å². The van der Waals surface area contributed by atoms with Crippen LogP contribution in [0.5, 0.6) is 0 Å². The van der Waals surface area contributed by atoms with E-state index in [2.05, 4.69) is 16.8 Å². The predicted octanol–water partition coefficient (Wildman–Crippen LogP) is 3.69. The molecule has 1 aromatic heterocycles. The summed E-state index contributed by atoms with van der Waals surface area (Å²) in [5.41, 5.74) is 1.14. The number of halogens is 1. The summed E-state index contributed by atoms with van der Waals surface area (Å²) in [6.07, 6.45) is 2.18. The summed E-state index contributed by atoms with van der Waals surface area (Å²) in [6.45, 7) is 0.708. The highest BCUT2D eigenvalue weighted by molar-refractivity contribution is 7.09. The third kappa shape index (κ3) is 5.05. The third-order valence-corrected chi connectivity index (χ3v) is 4.02. The molecular formula is C15H16ClNOS. The van der Waals surface area contributed by atoms with Gasteiger partial charge in [-0.2, -0.15) is 0 Å². The SMILES string of the molecule is O=C(CCc1ccc(Cl)cc1)NCCc1cccs1. The molecule has 0 radical (unpaired) electrons. The summed E-state index contributed by atoms with van der Waals surface area (Å²) in [5, 5.41) is 5.72. The average Bonchev–Trinajstić information content (AvgIpc) is 2.91. The normalized spacial score (nSPS) is 10.4. The van der Waals surface area contributed by atoms with Gasteiger partial charge in [-0.15, -0.1) is 11.3 Å². The van der Waals surface area contributed by atoms with Crippen LogP contribution >= 0.6 is 22.9 Å². The number of hydrogen-bond donors (Lipinski definition) is 1. The lowest BCUT2D eigenvalue weighted by Gasteiger charge is -2.04. The highest BCUT2D eigenvalue weighted by Gasteiger charge is 2.02. The third-order valence-electron chi connectivity index (χ3n) is 2.83. The van der Waals surface area contributed by atoms with Crippen LogP contribution in [0.4, 0.5) is 0 Å². The first kappa shape index (κ1) is 14.1. The molecule has 2 nitrogen and oxygen atoms in total. The number of amides is 1. The predicted molar refractivity (Wildman–Crippen MR) is 80.8 cm³/mol. The van der Waals surface area contributed by atoms with Gasteiger partial charge in [0.1, 0.15) is 0 Å². The van der Waals surface area contributed by atoms with E-state index in [0.29, 0.717) is 13.0 Å². The molecule has 1 N–H and O–H groups in total. The first-order chi connectivity index (χ1) is 9.24. The molecule has 19 heavy (non-hydrogen) atoms. The Labute approximate surface area is 122 Å². The van der Waals surface area contributed by atoms with Crippen LogP contribution in [0.1, 0.15) is 16.9 Å². The molecule has 0 bridgehead atoms. The van der Waals surface area contributed by atoms with Gasteiger partial charge in [0.2, 0.25) is 5.91 Å². The van der Waals surface area contributed by atoms with E-state index in [-0.39, 0.29) is 5.91 Å². The van der Waals surface area contributed by atoms with E-state index in [1.807, 2.05) is 30.3 Å². The van der Waals surface area contributed by atoms with Crippen molar-refractivity contribution in [2.45, 2.75) is 19.3 Å². The average molecular weight is 294 g/mol. The van der Waals surface area contributed by atoms with Crippen molar-refractivity contribution in [1.29, 1.82) is 0 Å². The van der Waals surface area contributed by atoms with Crippen molar-refractivity contribution in [3.63, 3.8) is 0 Å². The van der Waals surface area contributed by atoms with Crippen LogP contribution in [0.3, 0.4) is 0 Å². The minimum Gasteiger partial charge on any atom is -0.356 e. The molecule has 0 aliphatic carbocycles. The molecule has 1 aromatic carbocycles. The molecule has 100 valence electrons. The Morgan fingerprint density at radius 2 is 1.95 bits per heavy atom. The molecule has 0 atom stereocenters. The standard InChI is InChI=1S/C15H16ClNOS/c16-13-6-3-12(4-7-13)5-8-15(18)17-10-9-14-2-1-11-19-14/h1-4,6-7,11H,5,8-10H2,(H,17,18). The van der Waals surface area contributed by atoms with E-state index in [1.54, 1.807) is 11.3 Å². The Morgan fingerprint density at radius 1 is 1.16 bits per heavy atom. The largest absolute Gasteiger partial charge is 0.356 e. The number of benzene rings is 1. The molecular weight excluding hydrogens is 278 g/mol. The Hall–Kier alpha value is -1.32. The lowest BCUT2D eigenvalue weighted by molar-refractivity contribution is -0.121. The molecule has 1 amide bonds. The minimum atomic E-state index is 0.103. The quantitative estimate of drug-likeness (QED) is 0.864. The van der Waals surface area contributed by atoms with Gasteiger partial charge in [0.05, 0.1) is 0 Å². The second-order valence-corrected chi connectivity index (χ2v) is 5.77. The maximum absolute atomic E-state index is 11.7. The van der Waals surface area contributed by atoms with E-state index in [0.717, 1.165) is 23.4 Å². The first-order valence-electron chi connectivity index (χ1n) is 6.27. The molecule has 2 aromatic rings.